The number of hydrogen-bond donors (Lipinski definition) is 0. The first-order valence-corrected chi connectivity index (χ1v) is 13.0. The van der Waals surface area contributed by atoms with E-state index in [0.717, 1.165) is 17.1 Å². The van der Waals surface area contributed by atoms with E-state index in [1.807, 2.05) is 0 Å². The van der Waals surface area contributed by atoms with Crippen LogP contribution >= 0.6 is 0 Å². The van der Waals surface area contributed by atoms with Crippen molar-refractivity contribution in [2.24, 2.45) is 0 Å². The fourth-order valence-corrected chi connectivity index (χ4v) is 5.21. The normalized spacial score (nSPS) is 10.8. The van der Waals surface area contributed by atoms with E-state index in [0.29, 0.717) is 0 Å². The molecular formula is C37H29N. The maximum atomic E-state index is 2.39. The number of para-hydroxylation sites is 1. The maximum absolute atomic E-state index is 2.39. The minimum Gasteiger partial charge on any atom is -0.310 e. The molecule has 1 heteroatoms. The van der Waals surface area contributed by atoms with Gasteiger partial charge in [-0.3, -0.25) is 0 Å². The standard InChI is InChI=1S/C37H29N/c1-28-15-14-24-33(27-28)38(32-22-12-5-13-23-32)35-26-25-34(29-16-6-2-7-17-29)36(30-18-8-3-9-19-30)37(35)31-20-10-4-11-21-31/h2-27H,1H3. The Morgan fingerprint density at radius 1 is 0.395 bits per heavy atom. The van der Waals surface area contributed by atoms with Crippen LogP contribution in [0.4, 0.5) is 17.1 Å². The van der Waals surface area contributed by atoms with Gasteiger partial charge in [0.05, 0.1) is 5.69 Å². The highest BCUT2D eigenvalue weighted by Crippen LogP contribution is 2.48. The van der Waals surface area contributed by atoms with Crippen molar-refractivity contribution >= 4 is 17.1 Å². The van der Waals surface area contributed by atoms with Gasteiger partial charge in [0.1, 0.15) is 0 Å². The molecule has 0 aromatic heterocycles. The number of nitrogens with zero attached hydrogens (tertiary/aromatic N) is 1. The van der Waals surface area contributed by atoms with Gasteiger partial charge in [0.25, 0.3) is 0 Å². The van der Waals surface area contributed by atoms with Gasteiger partial charge in [0, 0.05) is 16.9 Å². The molecule has 0 heterocycles. The topological polar surface area (TPSA) is 3.24 Å². The molecule has 0 spiro atoms. The molecule has 0 atom stereocenters. The third-order valence-electron chi connectivity index (χ3n) is 6.91. The minimum atomic E-state index is 1.13. The summed E-state index contributed by atoms with van der Waals surface area (Å²) in [7, 11) is 0. The van der Waals surface area contributed by atoms with Gasteiger partial charge >= 0.3 is 0 Å². The third-order valence-corrected chi connectivity index (χ3v) is 6.91. The van der Waals surface area contributed by atoms with Crippen molar-refractivity contribution in [1.82, 2.24) is 0 Å². The van der Waals surface area contributed by atoms with Crippen molar-refractivity contribution in [2.75, 3.05) is 4.90 Å². The summed E-state index contributed by atoms with van der Waals surface area (Å²) in [4.78, 5) is 2.39. The molecule has 0 bridgehead atoms. The lowest BCUT2D eigenvalue weighted by Gasteiger charge is -2.30. The molecule has 0 saturated heterocycles. The SMILES string of the molecule is Cc1cccc(N(c2ccccc2)c2ccc(-c3ccccc3)c(-c3ccccc3)c2-c2ccccc2)c1. The van der Waals surface area contributed by atoms with Crippen LogP contribution < -0.4 is 4.90 Å². The van der Waals surface area contributed by atoms with Crippen molar-refractivity contribution in [2.45, 2.75) is 6.92 Å². The van der Waals surface area contributed by atoms with Crippen LogP contribution in [0.5, 0.6) is 0 Å². The molecule has 0 saturated carbocycles. The lowest BCUT2D eigenvalue weighted by Crippen LogP contribution is -2.12. The zero-order valence-corrected chi connectivity index (χ0v) is 21.5. The second-order valence-electron chi connectivity index (χ2n) is 9.49. The molecular weight excluding hydrogens is 458 g/mol. The molecule has 6 aromatic carbocycles. The molecule has 0 aliphatic rings. The summed E-state index contributed by atoms with van der Waals surface area (Å²) in [6.45, 7) is 2.15. The first-order valence-electron chi connectivity index (χ1n) is 13.0. The molecule has 0 unspecified atom stereocenters. The van der Waals surface area contributed by atoms with Crippen LogP contribution in [-0.4, -0.2) is 0 Å². The Bertz CT molecular complexity index is 1640. The molecule has 0 radical (unpaired) electrons. The average Bonchev–Trinajstić information content (AvgIpc) is 2.99. The smallest absolute Gasteiger partial charge is 0.0546 e. The van der Waals surface area contributed by atoms with Gasteiger partial charge in [-0.2, -0.15) is 0 Å². The van der Waals surface area contributed by atoms with E-state index < -0.39 is 0 Å². The van der Waals surface area contributed by atoms with E-state index in [1.54, 1.807) is 0 Å². The van der Waals surface area contributed by atoms with Crippen molar-refractivity contribution in [3.8, 4) is 33.4 Å². The summed E-state index contributed by atoms with van der Waals surface area (Å²) in [6, 6.07) is 56.2. The Hall–Kier alpha value is -4.88. The van der Waals surface area contributed by atoms with E-state index >= 15 is 0 Å². The van der Waals surface area contributed by atoms with Gasteiger partial charge in [-0.15, -0.1) is 0 Å². The minimum absolute atomic E-state index is 1.13. The third kappa shape index (κ3) is 4.63. The van der Waals surface area contributed by atoms with Crippen LogP contribution in [0.1, 0.15) is 5.56 Å². The average molecular weight is 488 g/mol. The molecule has 1 nitrogen and oxygen atoms in total. The Morgan fingerprint density at radius 3 is 1.47 bits per heavy atom. The highest BCUT2D eigenvalue weighted by Gasteiger charge is 2.23. The summed E-state index contributed by atoms with van der Waals surface area (Å²) in [5.41, 5.74) is 11.9. The van der Waals surface area contributed by atoms with Crippen LogP contribution in [-0.2, 0) is 0 Å². The fourth-order valence-electron chi connectivity index (χ4n) is 5.21. The van der Waals surface area contributed by atoms with Gasteiger partial charge in [0.2, 0.25) is 0 Å². The highest BCUT2D eigenvalue weighted by atomic mass is 15.1. The number of aryl methyl sites for hydroxylation is 1. The van der Waals surface area contributed by atoms with E-state index in [2.05, 4.69) is 170 Å². The Kier molecular flexibility index (Phi) is 6.57. The second kappa shape index (κ2) is 10.6. The Morgan fingerprint density at radius 2 is 0.895 bits per heavy atom. The molecule has 0 amide bonds. The zero-order valence-electron chi connectivity index (χ0n) is 21.5. The van der Waals surface area contributed by atoms with Gasteiger partial charge in [0.15, 0.2) is 0 Å². The first-order chi connectivity index (χ1) is 18.8. The van der Waals surface area contributed by atoms with Gasteiger partial charge in [-0.1, -0.05) is 127 Å². The van der Waals surface area contributed by atoms with Gasteiger partial charge < -0.3 is 4.90 Å². The summed E-state index contributed by atoms with van der Waals surface area (Å²) in [5.74, 6) is 0. The highest BCUT2D eigenvalue weighted by molar-refractivity contribution is 6.02. The molecule has 6 rings (SSSR count). The van der Waals surface area contributed by atoms with E-state index in [-0.39, 0.29) is 0 Å². The van der Waals surface area contributed by atoms with Crippen molar-refractivity contribution in [1.29, 1.82) is 0 Å². The number of hydrogen-bond acceptors (Lipinski definition) is 1. The largest absolute Gasteiger partial charge is 0.310 e. The van der Waals surface area contributed by atoms with Gasteiger partial charge in [-0.05, 0) is 70.6 Å². The molecule has 38 heavy (non-hydrogen) atoms. The molecule has 0 aliphatic carbocycles. The number of benzene rings is 6. The lowest BCUT2D eigenvalue weighted by atomic mass is 9.86. The second-order valence-corrected chi connectivity index (χ2v) is 9.49. The monoisotopic (exact) mass is 487 g/mol. The number of rotatable bonds is 6. The summed E-state index contributed by atoms with van der Waals surface area (Å²) in [6.07, 6.45) is 0. The Labute approximate surface area is 225 Å². The number of anilines is 3. The molecule has 182 valence electrons. The fraction of sp³-hybridized carbons (Fsp3) is 0.0270. The van der Waals surface area contributed by atoms with E-state index in [4.69, 9.17) is 0 Å². The van der Waals surface area contributed by atoms with Crippen LogP contribution in [0.2, 0.25) is 0 Å². The van der Waals surface area contributed by atoms with E-state index in [1.165, 1.54) is 38.9 Å². The summed E-state index contributed by atoms with van der Waals surface area (Å²) < 4.78 is 0. The van der Waals surface area contributed by atoms with Crippen LogP contribution in [0.3, 0.4) is 0 Å². The van der Waals surface area contributed by atoms with E-state index in [9.17, 15) is 0 Å². The lowest BCUT2D eigenvalue weighted by molar-refractivity contribution is 1.27. The van der Waals surface area contributed by atoms with Crippen LogP contribution in [0, 0.1) is 6.92 Å². The Balaban J connectivity index is 1.74. The quantitative estimate of drug-likeness (QED) is 0.226. The molecule has 0 aliphatic heterocycles. The maximum Gasteiger partial charge on any atom is 0.0546 e. The van der Waals surface area contributed by atoms with Crippen LogP contribution in [0.15, 0.2) is 158 Å². The molecule has 0 fully saturated rings. The molecule has 6 aromatic rings. The van der Waals surface area contributed by atoms with Crippen molar-refractivity contribution in [3.63, 3.8) is 0 Å². The van der Waals surface area contributed by atoms with Crippen molar-refractivity contribution in [3.05, 3.63) is 163 Å². The van der Waals surface area contributed by atoms with Gasteiger partial charge in [-0.25, -0.2) is 0 Å². The predicted octanol–water partition coefficient (Wildman–Crippen LogP) is 10.5. The van der Waals surface area contributed by atoms with Crippen molar-refractivity contribution < 1.29 is 0 Å². The van der Waals surface area contributed by atoms with Crippen LogP contribution in [0.25, 0.3) is 33.4 Å². The predicted molar refractivity (Wildman–Crippen MR) is 162 cm³/mol. The summed E-state index contributed by atoms with van der Waals surface area (Å²) in [5, 5.41) is 0. The molecule has 0 N–H and O–H groups in total. The summed E-state index contributed by atoms with van der Waals surface area (Å²) >= 11 is 0. The zero-order chi connectivity index (χ0) is 25.7. The first kappa shape index (κ1) is 23.5.